The molecule has 0 unspecified atom stereocenters. The van der Waals surface area contributed by atoms with Gasteiger partial charge in [-0.2, -0.15) is 0 Å². The molecule has 1 aromatic carbocycles. The Labute approximate surface area is 146 Å². The van der Waals surface area contributed by atoms with Crippen LogP contribution < -0.4 is 0 Å². The maximum absolute atomic E-state index is 13.8. The SMILES string of the molecule is CN(C(=O)CCc1ccc(-c2ccccc2F)o1)[C@@H]1CCS(=O)(=O)C1. The first-order chi connectivity index (χ1) is 11.9. The number of hydrogen-bond acceptors (Lipinski definition) is 4. The number of carbonyl (C=O) groups excluding carboxylic acids is 1. The van der Waals surface area contributed by atoms with E-state index in [9.17, 15) is 17.6 Å². The van der Waals surface area contributed by atoms with Crippen LogP contribution in [0, 0.1) is 5.82 Å². The topological polar surface area (TPSA) is 67.6 Å². The zero-order valence-corrected chi connectivity index (χ0v) is 14.8. The van der Waals surface area contributed by atoms with E-state index in [0.717, 1.165) is 0 Å². The van der Waals surface area contributed by atoms with Crippen molar-refractivity contribution < 1.29 is 22.0 Å². The maximum atomic E-state index is 13.8. The van der Waals surface area contributed by atoms with Gasteiger partial charge in [0.25, 0.3) is 0 Å². The molecular weight excluding hydrogens is 345 g/mol. The molecule has 0 aliphatic carbocycles. The average Bonchev–Trinajstić information content (AvgIpc) is 3.18. The van der Waals surface area contributed by atoms with E-state index in [4.69, 9.17) is 4.42 Å². The molecule has 1 saturated heterocycles. The van der Waals surface area contributed by atoms with Crippen LogP contribution in [0.5, 0.6) is 0 Å². The van der Waals surface area contributed by atoms with Crippen LogP contribution in [0.2, 0.25) is 0 Å². The number of sulfone groups is 1. The lowest BCUT2D eigenvalue weighted by Crippen LogP contribution is -2.37. The fourth-order valence-electron chi connectivity index (χ4n) is 3.01. The van der Waals surface area contributed by atoms with Gasteiger partial charge in [0.2, 0.25) is 5.91 Å². The van der Waals surface area contributed by atoms with Gasteiger partial charge in [-0.1, -0.05) is 12.1 Å². The predicted molar refractivity (Wildman–Crippen MR) is 92.3 cm³/mol. The van der Waals surface area contributed by atoms with E-state index >= 15 is 0 Å². The lowest BCUT2D eigenvalue weighted by molar-refractivity contribution is -0.131. The molecule has 3 rings (SSSR count). The smallest absolute Gasteiger partial charge is 0.223 e. The van der Waals surface area contributed by atoms with Gasteiger partial charge in [0.05, 0.1) is 17.1 Å². The van der Waals surface area contributed by atoms with E-state index in [0.29, 0.717) is 29.9 Å². The summed E-state index contributed by atoms with van der Waals surface area (Å²) < 4.78 is 42.5. The van der Waals surface area contributed by atoms with Gasteiger partial charge < -0.3 is 9.32 Å². The monoisotopic (exact) mass is 365 g/mol. The summed E-state index contributed by atoms with van der Waals surface area (Å²) in [5.74, 6) is 0.717. The Morgan fingerprint density at radius 3 is 2.72 bits per heavy atom. The zero-order chi connectivity index (χ0) is 18.0. The number of amides is 1. The predicted octanol–water partition coefficient (Wildman–Crippen LogP) is 2.66. The molecule has 7 heteroatoms. The molecule has 2 heterocycles. The van der Waals surface area contributed by atoms with Crippen LogP contribution in [-0.2, 0) is 21.1 Å². The Balaban J connectivity index is 1.59. The number of halogens is 1. The molecule has 1 atom stereocenters. The largest absolute Gasteiger partial charge is 0.461 e. The maximum Gasteiger partial charge on any atom is 0.223 e. The summed E-state index contributed by atoms with van der Waals surface area (Å²) >= 11 is 0. The number of carbonyl (C=O) groups is 1. The molecule has 0 spiro atoms. The van der Waals surface area contributed by atoms with Gasteiger partial charge in [-0.25, -0.2) is 12.8 Å². The van der Waals surface area contributed by atoms with Crippen molar-refractivity contribution in [3.05, 3.63) is 48.0 Å². The standard InChI is InChI=1S/C18H20FNO4S/c1-20(13-10-11-25(22,23)12-13)18(21)9-7-14-6-8-17(24-14)15-4-2-3-5-16(15)19/h2-6,8,13H,7,9-12H2,1H3/t13-/m1/s1. The highest BCUT2D eigenvalue weighted by Gasteiger charge is 2.32. The van der Waals surface area contributed by atoms with Gasteiger partial charge in [-0.15, -0.1) is 0 Å². The summed E-state index contributed by atoms with van der Waals surface area (Å²) in [5, 5.41) is 0. The van der Waals surface area contributed by atoms with Crippen molar-refractivity contribution in [1.82, 2.24) is 4.90 Å². The highest BCUT2D eigenvalue weighted by molar-refractivity contribution is 7.91. The van der Waals surface area contributed by atoms with Crippen LogP contribution in [0.1, 0.15) is 18.6 Å². The molecule has 25 heavy (non-hydrogen) atoms. The third-order valence-corrected chi connectivity index (χ3v) is 6.29. The summed E-state index contributed by atoms with van der Waals surface area (Å²) in [7, 11) is -1.38. The molecule has 1 aliphatic rings. The number of nitrogens with zero attached hydrogens (tertiary/aromatic N) is 1. The molecule has 5 nitrogen and oxygen atoms in total. The van der Waals surface area contributed by atoms with Crippen molar-refractivity contribution in [3.8, 4) is 11.3 Å². The number of rotatable bonds is 5. The lowest BCUT2D eigenvalue weighted by atomic mass is 10.1. The van der Waals surface area contributed by atoms with E-state index in [-0.39, 0.29) is 35.7 Å². The Bertz CT molecular complexity index is 875. The van der Waals surface area contributed by atoms with Gasteiger partial charge in [-0.05, 0) is 30.7 Å². The molecule has 2 aromatic rings. The normalized spacial score (nSPS) is 19.0. The average molecular weight is 365 g/mol. The molecule has 0 bridgehead atoms. The van der Waals surface area contributed by atoms with Crippen LogP contribution in [0.4, 0.5) is 4.39 Å². The molecule has 1 amide bonds. The molecule has 0 saturated carbocycles. The van der Waals surface area contributed by atoms with Crippen molar-refractivity contribution in [2.45, 2.75) is 25.3 Å². The first-order valence-corrected chi connectivity index (χ1v) is 9.97. The summed E-state index contributed by atoms with van der Waals surface area (Å²) in [5.41, 5.74) is 0.383. The van der Waals surface area contributed by atoms with Gasteiger partial charge in [-0.3, -0.25) is 4.79 Å². The van der Waals surface area contributed by atoms with E-state index in [1.54, 1.807) is 37.4 Å². The second-order valence-corrected chi connectivity index (χ2v) is 8.54. The fraction of sp³-hybridized carbons (Fsp3) is 0.389. The third kappa shape index (κ3) is 4.10. The van der Waals surface area contributed by atoms with Crippen LogP contribution in [0.25, 0.3) is 11.3 Å². The molecule has 1 fully saturated rings. The molecule has 134 valence electrons. The van der Waals surface area contributed by atoms with Crippen molar-refractivity contribution in [3.63, 3.8) is 0 Å². The zero-order valence-electron chi connectivity index (χ0n) is 13.9. The minimum atomic E-state index is -3.02. The number of hydrogen-bond donors (Lipinski definition) is 0. The number of benzene rings is 1. The highest BCUT2D eigenvalue weighted by atomic mass is 32.2. The molecule has 1 aliphatic heterocycles. The van der Waals surface area contributed by atoms with Gasteiger partial charge >= 0.3 is 0 Å². The molecule has 1 aromatic heterocycles. The van der Waals surface area contributed by atoms with Crippen LogP contribution in [0.15, 0.2) is 40.8 Å². The number of furan rings is 1. The van der Waals surface area contributed by atoms with Crippen molar-refractivity contribution in [2.24, 2.45) is 0 Å². The van der Waals surface area contributed by atoms with E-state index in [1.165, 1.54) is 11.0 Å². The van der Waals surface area contributed by atoms with E-state index in [1.807, 2.05) is 0 Å². The Morgan fingerprint density at radius 1 is 1.28 bits per heavy atom. The van der Waals surface area contributed by atoms with Crippen LogP contribution in [-0.4, -0.2) is 43.8 Å². The second kappa shape index (κ2) is 7.00. The Hall–Kier alpha value is -2.15. The van der Waals surface area contributed by atoms with Gasteiger partial charge in [0.1, 0.15) is 17.3 Å². The van der Waals surface area contributed by atoms with Crippen molar-refractivity contribution >= 4 is 15.7 Å². The minimum Gasteiger partial charge on any atom is -0.461 e. The first-order valence-electron chi connectivity index (χ1n) is 8.15. The fourth-order valence-corrected chi connectivity index (χ4v) is 4.78. The van der Waals surface area contributed by atoms with Crippen molar-refractivity contribution in [2.75, 3.05) is 18.6 Å². The van der Waals surface area contributed by atoms with Crippen LogP contribution >= 0.6 is 0 Å². The number of aryl methyl sites for hydroxylation is 1. The Kier molecular flexibility index (Phi) is 4.94. The van der Waals surface area contributed by atoms with E-state index in [2.05, 4.69) is 0 Å². The third-order valence-electron chi connectivity index (χ3n) is 4.54. The lowest BCUT2D eigenvalue weighted by Gasteiger charge is -2.23. The van der Waals surface area contributed by atoms with Crippen molar-refractivity contribution in [1.29, 1.82) is 0 Å². The van der Waals surface area contributed by atoms with E-state index < -0.39 is 9.84 Å². The summed E-state index contributed by atoms with van der Waals surface area (Å²) in [6.07, 6.45) is 1.09. The van der Waals surface area contributed by atoms with Crippen LogP contribution in [0.3, 0.4) is 0 Å². The van der Waals surface area contributed by atoms with Gasteiger partial charge in [0.15, 0.2) is 9.84 Å². The highest BCUT2D eigenvalue weighted by Crippen LogP contribution is 2.25. The summed E-state index contributed by atoms with van der Waals surface area (Å²) in [6.45, 7) is 0. The quantitative estimate of drug-likeness (QED) is 0.817. The molecular formula is C18H20FNO4S. The molecule has 0 N–H and O–H groups in total. The van der Waals surface area contributed by atoms with Gasteiger partial charge in [0, 0.05) is 25.9 Å². The summed E-state index contributed by atoms with van der Waals surface area (Å²) in [6, 6.07) is 9.52. The Morgan fingerprint density at radius 2 is 2.04 bits per heavy atom. The summed E-state index contributed by atoms with van der Waals surface area (Å²) in [4.78, 5) is 13.8. The first kappa shape index (κ1) is 17.7. The molecule has 0 radical (unpaired) electrons. The minimum absolute atomic E-state index is 0.0351. The second-order valence-electron chi connectivity index (χ2n) is 6.31.